The molecule has 28 heavy (non-hydrogen) atoms. The van der Waals surface area contributed by atoms with Gasteiger partial charge in [-0.2, -0.15) is 0 Å². The van der Waals surface area contributed by atoms with E-state index in [4.69, 9.17) is 0 Å². The van der Waals surface area contributed by atoms with Crippen LogP contribution in [0.15, 0.2) is 37.1 Å². The summed E-state index contributed by atoms with van der Waals surface area (Å²) in [7, 11) is 0. The predicted molar refractivity (Wildman–Crippen MR) is 98.9 cm³/mol. The summed E-state index contributed by atoms with van der Waals surface area (Å²) in [5, 5.41) is 11.0. The molecule has 0 aliphatic carbocycles. The first-order valence-electron chi connectivity index (χ1n) is 9.05. The zero-order valence-electron chi connectivity index (χ0n) is 17.0. The number of hydrogen-bond donors (Lipinski definition) is 0. The predicted octanol–water partition coefficient (Wildman–Crippen LogP) is -0.966. The van der Waals surface area contributed by atoms with Crippen LogP contribution in [0.4, 0.5) is 0 Å². The van der Waals surface area contributed by atoms with Gasteiger partial charge < -0.3 is 14.6 Å². The first-order valence-corrected chi connectivity index (χ1v) is 9.05. The molecule has 0 radical (unpaired) electrons. The summed E-state index contributed by atoms with van der Waals surface area (Å²) in [4.78, 5) is 48.9. The van der Waals surface area contributed by atoms with E-state index in [0.29, 0.717) is 4.90 Å². The first kappa shape index (κ1) is 28.5. The normalized spacial score (nSPS) is 11.6. The molecule has 150 valence electrons. The summed E-state index contributed by atoms with van der Waals surface area (Å²) in [6.45, 7) is 7.19. The molecule has 0 aliphatic heterocycles. The van der Waals surface area contributed by atoms with Gasteiger partial charge in [0.15, 0.2) is 0 Å². The Bertz CT molecular complexity index is 555. The molecule has 0 saturated carbocycles. The van der Waals surface area contributed by atoms with Crippen molar-refractivity contribution in [3.63, 3.8) is 0 Å². The molecule has 7 nitrogen and oxygen atoms in total. The van der Waals surface area contributed by atoms with Crippen LogP contribution in [0.5, 0.6) is 0 Å². The average Bonchev–Trinajstić information content (AvgIpc) is 2.61. The Morgan fingerprint density at radius 3 is 1.79 bits per heavy atom. The summed E-state index contributed by atoms with van der Waals surface area (Å²) in [6, 6.07) is -1.60. The monoisotopic (exact) mass is 401 g/mol. The number of aliphatic carboxylic acids is 1. The quantitative estimate of drug-likeness (QED) is 0.170. The van der Waals surface area contributed by atoms with Gasteiger partial charge in [-0.15, -0.1) is 0 Å². The third kappa shape index (κ3) is 11.9. The van der Waals surface area contributed by atoms with E-state index in [1.54, 1.807) is 24.3 Å². The topological polar surface area (TPSA) is 104 Å². The molecule has 0 saturated heterocycles. The molecular formula is C20H28NNaO6. The number of carboxylic acids is 1. The van der Waals surface area contributed by atoms with Gasteiger partial charge in [0.2, 0.25) is 11.8 Å². The van der Waals surface area contributed by atoms with Crippen LogP contribution in [0, 0.1) is 0 Å². The minimum absolute atomic E-state index is 0. The number of unbranched alkanes of at least 4 members (excludes halogenated alkanes) is 2. The summed E-state index contributed by atoms with van der Waals surface area (Å²) < 4.78 is 4.62. The molecular weight excluding hydrogens is 373 g/mol. The van der Waals surface area contributed by atoms with Crippen molar-refractivity contribution in [3.8, 4) is 0 Å². The minimum atomic E-state index is -1.60. The second-order valence-corrected chi connectivity index (χ2v) is 5.78. The second-order valence-electron chi connectivity index (χ2n) is 5.78. The van der Waals surface area contributed by atoms with Gasteiger partial charge in [-0.25, -0.2) is 4.79 Å². The molecule has 0 rings (SSSR count). The fourth-order valence-corrected chi connectivity index (χ4v) is 2.22. The number of rotatable bonds is 13. The van der Waals surface area contributed by atoms with Crippen molar-refractivity contribution in [2.75, 3.05) is 0 Å². The van der Waals surface area contributed by atoms with Gasteiger partial charge in [0, 0.05) is 25.2 Å². The fraction of sp³-hybridized carbons (Fsp3) is 0.500. The molecule has 0 bridgehead atoms. The third-order valence-corrected chi connectivity index (χ3v) is 3.51. The fourth-order valence-electron chi connectivity index (χ4n) is 2.22. The third-order valence-electron chi connectivity index (χ3n) is 3.51. The molecule has 0 aliphatic rings. The number of allylic oxidation sites excluding steroid dienone is 2. The summed E-state index contributed by atoms with van der Waals surface area (Å²) in [5.74, 6) is -3.98. The van der Waals surface area contributed by atoms with E-state index in [1.165, 1.54) is 0 Å². The SMILES string of the molecule is C=COC(=O)C(CC(=O)[O-])N(C(=O)C/C=C/CCC)C(=O)C/C=C/CCC.[Na+]. The zero-order valence-corrected chi connectivity index (χ0v) is 19.0. The van der Waals surface area contributed by atoms with Gasteiger partial charge in [-0.3, -0.25) is 14.5 Å². The van der Waals surface area contributed by atoms with Crippen molar-refractivity contribution in [1.82, 2.24) is 4.90 Å². The molecule has 0 heterocycles. The largest absolute Gasteiger partial charge is 1.00 e. The Hall–Kier alpha value is -1.70. The summed E-state index contributed by atoms with van der Waals surface area (Å²) in [6.07, 6.45) is 9.80. The van der Waals surface area contributed by atoms with Crippen LogP contribution in [0.1, 0.15) is 58.8 Å². The van der Waals surface area contributed by atoms with E-state index in [0.717, 1.165) is 31.9 Å². The molecule has 0 aromatic carbocycles. The Morgan fingerprint density at radius 1 is 0.964 bits per heavy atom. The van der Waals surface area contributed by atoms with Crippen LogP contribution in [0.3, 0.4) is 0 Å². The standard InChI is InChI=1S/C20H29NO6.Na/c1-4-7-9-11-13-17(22)21(18(23)14-12-10-8-5-2)16(15-19(24)25)20(26)27-6-3;/h6,9-12,16H,3-5,7-8,13-15H2,1-2H3,(H,24,25);/q;+1/p-1/b11-9+,12-10+;. The number of hydrogen-bond acceptors (Lipinski definition) is 6. The number of imide groups is 1. The Balaban J connectivity index is 0. The number of carbonyl (C=O) groups excluding carboxylic acids is 4. The zero-order chi connectivity index (χ0) is 20.7. The Kier molecular flexibility index (Phi) is 17.7. The smallest absolute Gasteiger partial charge is 0.550 e. The van der Waals surface area contributed by atoms with E-state index >= 15 is 0 Å². The summed E-state index contributed by atoms with van der Waals surface area (Å²) in [5.41, 5.74) is 0. The number of carbonyl (C=O) groups is 4. The number of ether oxygens (including phenoxy) is 1. The van der Waals surface area contributed by atoms with Crippen LogP contribution >= 0.6 is 0 Å². The minimum Gasteiger partial charge on any atom is -0.550 e. The molecule has 0 aromatic heterocycles. The van der Waals surface area contributed by atoms with E-state index in [-0.39, 0.29) is 42.4 Å². The maximum Gasteiger partial charge on any atom is 1.00 e. The Morgan fingerprint density at radius 2 is 1.43 bits per heavy atom. The van der Waals surface area contributed by atoms with Gasteiger partial charge in [0.05, 0.1) is 6.26 Å². The molecule has 1 unspecified atom stereocenters. The molecule has 1 atom stereocenters. The molecule has 0 fully saturated rings. The van der Waals surface area contributed by atoms with Crippen LogP contribution in [0.25, 0.3) is 0 Å². The van der Waals surface area contributed by atoms with Gasteiger partial charge >= 0.3 is 35.5 Å². The number of esters is 1. The second kappa shape index (κ2) is 17.4. The Labute approximate surface area is 188 Å². The van der Waals surface area contributed by atoms with Gasteiger partial charge in [0.1, 0.15) is 6.04 Å². The summed E-state index contributed by atoms with van der Waals surface area (Å²) >= 11 is 0. The molecule has 0 N–H and O–H groups in total. The van der Waals surface area contributed by atoms with Crippen molar-refractivity contribution in [2.45, 2.75) is 64.8 Å². The van der Waals surface area contributed by atoms with Crippen LogP contribution < -0.4 is 34.7 Å². The van der Waals surface area contributed by atoms with E-state index < -0.39 is 36.2 Å². The maximum atomic E-state index is 12.6. The number of amides is 2. The van der Waals surface area contributed by atoms with Crippen molar-refractivity contribution in [2.24, 2.45) is 0 Å². The van der Waals surface area contributed by atoms with E-state index in [9.17, 15) is 24.3 Å². The first-order chi connectivity index (χ1) is 12.9. The van der Waals surface area contributed by atoms with Crippen LogP contribution in [0.2, 0.25) is 0 Å². The molecule has 0 spiro atoms. The van der Waals surface area contributed by atoms with Crippen molar-refractivity contribution in [3.05, 3.63) is 37.1 Å². The molecule has 8 heteroatoms. The number of carboxylic acid groups (broad SMARTS) is 1. The maximum absolute atomic E-state index is 12.6. The van der Waals surface area contributed by atoms with Crippen molar-refractivity contribution >= 4 is 23.8 Å². The van der Waals surface area contributed by atoms with Crippen molar-refractivity contribution in [1.29, 1.82) is 0 Å². The van der Waals surface area contributed by atoms with E-state index in [1.807, 2.05) is 13.8 Å². The van der Waals surface area contributed by atoms with Crippen molar-refractivity contribution < 1.29 is 58.6 Å². The average molecular weight is 401 g/mol. The number of nitrogens with zero attached hydrogens (tertiary/aromatic N) is 1. The van der Waals surface area contributed by atoms with Gasteiger partial charge in [-0.05, 0) is 12.8 Å². The van der Waals surface area contributed by atoms with E-state index in [2.05, 4.69) is 11.3 Å². The van der Waals surface area contributed by atoms with Crippen LogP contribution in [-0.4, -0.2) is 34.7 Å². The van der Waals surface area contributed by atoms with Crippen LogP contribution in [-0.2, 0) is 23.9 Å². The van der Waals surface area contributed by atoms with Gasteiger partial charge in [0.25, 0.3) is 0 Å². The molecule has 2 amide bonds. The van der Waals surface area contributed by atoms with Gasteiger partial charge in [-0.1, -0.05) is 57.6 Å². The molecule has 0 aromatic rings.